The molecule has 0 heteroatoms. The number of hydrogen-bond donors (Lipinski definition) is 0. The van der Waals surface area contributed by atoms with E-state index in [1.165, 1.54) is 25.7 Å². The molecule has 4 atom stereocenters. The third kappa shape index (κ3) is 1.92. The van der Waals surface area contributed by atoms with E-state index in [-0.39, 0.29) is 0 Å². The summed E-state index contributed by atoms with van der Waals surface area (Å²) in [6.45, 7) is 12.2. The van der Waals surface area contributed by atoms with Crippen LogP contribution in [-0.4, -0.2) is 0 Å². The van der Waals surface area contributed by atoms with E-state index in [1.54, 1.807) is 0 Å². The predicted molar refractivity (Wildman–Crippen MR) is 59.7 cm³/mol. The van der Waals surface area contributed by atoms with Crippen LogP contribution in [0.4, 0.5) is 0 Å². The minimum Gasteiger partial charge on any atom is -0.0651 e. The van der Waals surface area contributed by atoms with Crippen molar-refractivity contribution in [3.05, 3.63) is 0 Å². The molecule has 0 bridgehead atoms. The van der Waals surface area contributed by atoms with Gasteiger partial charge in [0.25, 0.3) is 0 Å². The minimum absolute atomic E-state index is 0.617. The molecule has 0 nitrogen and oxygen atoms in total. The van der Waals surface area contributed by atoms with Gasteiger partial charge < -0.3 is 0 Å². The molecule has 1 rings (SSSR count). The van der Waals surface area contributed by atoms with Gasteiger partial charge in [0, 0.05) is 0 Å². The van der Waals surface area contributed by atoms with Gasteiger partial charge in [-0.2, -0.15) is 0 Å². The molecule has 0 radical (unpaired) electrons. The van der Waals surface area contributed by atoms with Crippen LogP contribution in [0.5, 0.6) is 0 Å². The van der Waals surface area contributed by atoms with Crippen molar-refractivity contribution in [1.29, 1.82) is 0 Å². The van der Waals surface area contributed by atoms with Gasteiger partial charge in [-0.05, 0) is 29.6 Å². The summed E-state index contributed by atoms with van der Waals surface area (Å²) in [5, 5.41) is 0. The summed E-state index contributed by atoms with van der Waals surface area (Å²) in [5.74, 6) is 2.74. The zero-order valence-corrected chi connectivity index (χ0v) is 10.1. The second-order valence-electron chi connectivity index (χ2n) is 5.47. The normalized spacial score (nSPS) is 43.2. The topological polar surface area (TPSA) is 0 Å². The van der Waals surface area contributed by atoms with Crippen molar-refractivity contribution in [2.24, 2.45) is 23.2 Å². The van der Waals surface area contributed by atoms with E-state index in [0.717, 1.165) is 17.8 Å². The Morgan fingerprint density at radius 2 is 2.00 bits per heavy atom. The van der Waals surface area contributed by atoms with Crippen LogP contribution in [0.2, 0.25) is 0 Å². The van der Waals surface area contributed by atoms with Crippen LogP contribution in [-0.2, 0) is 0 Å². The first-order valence-electron chi connectivity index (χ1n) is 6.02. The van der Waals surface area contributed by atoms with E-state index in [9.17, 15) is 0 Å². The van der Waals surface area contributed by atoms with Crippen molar-refractivity contribution in [2.45, 2.75) is 60.3 Å². The Labute approximate surface area is 84.1 Å². The molecule has 0 N–H and O–H groups in total. The highest BCUT2D eigenvalue weighted by Gasteiger charge is 2.40. The molecule has 0 spiro atoms. The third-order valence-electron chi connectivity index (χ3n) is 5.01. The first-order chi connectivity index (χ1) is 6.02. The van der Waals surface area contributed by atoms with E-state index >= 15 is 0 Å². The molecule has 1 fully saturated rings. The molecule has 1 aliphatic rings. The van der Waals surface area contributed by atoms with Gasteiger partial charge in [0.05, 0.1) is 0 Å². The molecule has 0 aromatic rings. The van der Waals surface area contributed by atoms with Crippen LogP contribution in [0, 0.1) is 23.2 Å². The molecule has 13 heavy (non-hydrogen) atoms. The van der Waals surface area contributed by atoms with Gasteiger partial charge in [-0.1, -0.05) is 53.9 Å². The zero-order valence-electron chi connectivity index (χ0n) is 10.1. The van der Waals surface area contributed by atoms with Crippen molar-refractivity contribution in [2.75, 3.05) is 0 Å². The lowest BCUT2D eigenvalue weighted by atomic mass is 9.58. The molecule has 1 saturated carbocycles. The average molecular weight is 182 g/mol. The molecule has 0 saturated heterocycles. The summed E-state index contributed by atoms with van der Waals surface area (Å²) in [7, 11) is 0. The maximum absolute atomic E-state index is 2.52. The van der Waals surface area contributed by atoms with E-state index < -0.39 is 0 Å². The highest BCUT2D eigenvalue weighted by Crippen LogP contribution is 2.49. The van der Waals surface area contributed by atoms with Crippen molar-refractivity contribution in [3.8, 4) is 0 Å². The van der Waals surface area contributed by atoms with Gasteiger partial charge in [0.2, 0.25) is 0 Å². The molecule has 0 heterocycles. The molecule has 78 valence electrons. The van der Waals surface area contributed by atoms with Crippen LogP contribution in [0.1, 0.15) is 60.3 Å². The van der Waals surface area contributed by atoms with Crippen LogP contribution < -0.4 is 0 Å². The van der Waals surface area contributed by atoms with E-state index in [0.29, 0.717) is 5.41 Å². The highest BCUT2D eigenvalue weighted by atomic mass is 14.5. The van der Waals surface area contributed by atoms with Gasteiger partial charge in [0.1, 0.15) is 0 Å². The molecule has 1 aliphatic carbocycles. The Bertz CT molecular complexity index is 161. The summed E-state index contributed by atoms with van der Waals surface area (Å²) in [4.78, 5) is 0. The summed E-state index contributed by atoms with van der Waals surface area (Å²) >= 11 is 0. The van der Waals surface area contributed by atoms with Crippen molar-refractivity contribution in [1.82, 2.24) is 0 Å². The Hall–Kier alpha value is 0. The summed E-state index contributed by atoms with van der Waals surface area (Å²) in [5.41, 5.74) is 0.617. The van der Waals surface area contributed by atoms with Gasteiger partial charge in [-0.3, -0.25) is 0 Å². The van der Waals surface area contributed by atoms with Gasteiger partial charge >= 0.3 is 0 Å². The number of rotatable bonds is 2. The van der Waals surface area contributed by atoms with Crippen molar-refractivity contribution >= 4 is 0 Å². The monoisotopic (exact) mass is 182 g/mol. The lowest BCUT2D eigenvalue weighted by Crippen LogP contribution is -2.39. The van der Waals surface area contributed by atoms with Gasteiger partial charge in [0.15, 0.2) is 0 Å². The first kappa shape index (κ1) is 11.1. The Morgan fingerprint density at radius 1 is 1.38 bits per heavy atom. The quantitative estimate of drug-likeness (QED) is 0.590. The second-order valence-corrected chi connectivity index (χ2v) is 5.47. The second kappa shape index (κ2) is 4.02. The molecule has 0 amide bonds. The lowest BCUT2D eigenvalue weighted by molar-refractivity contribution is 0.0247. The van der Waals surface area contributed by atoms with Crippen LogP contribution >= 0.6 is 0 Å². The fraction of sp³-hybridized carbons (Fsp3) is 1.00. The van der Waals surface area contributed by atoms with Crippen molar-refractivity contribution < 1.29 is 0 Å². The van der Waals surface area contributed by atoms with Gasteiger partial charge in [-0.15, -0.1) is 0 Å². The average Bonchev–Trinajstić information content (AvgIpc) is 2.13. The Balaban J connectivity index is 2.74. The minimum atomic E-state index is 0.617. The molecular weight excluding hydrogens is 156 g/mol. The smallest absolute Gasteiger partial charge is 0.0272 e. The molecular formula is C13H26. The lowest BCUT2D eigenvalue weighted by Gasteiger charge is -2.47. The number of hydrogen-bond acceptors (Lipinski definition) is 0. The van der Waals surface area contributed by atoms with Gasteiger partial charge in [-0.25, -0.2) is 0 Å². The fourth-order valence-electron chi connectivity index (χ4n) is 3.09. The van der Waals surface area contributed by atoms with Crippen molar-refractivity contribution in [3.63, 3.8) is 0 Å². The molecule has 4 unspecified atom stereocenters. The molecule has 0 aliphatic heterocycles. The standard InChI is InChI=1S/C13H26/c1-6-11(3)13(5)9-7-8-10(2)12(13)4/h10-12H,6-9H2,1-5H3. The Kier molecular flexibility index (Phi) is 3.43. The van der Waals surface area contributed by atoms with Crippen LogP contribution in [0.15, 0.2) is 0 Å². The Morgan fingerprint density at radius 3 is 2.54 bits per heavy atom. The predicted octanol–water partition coefficient (Wildman–Crippen LogP) is 4.49. The summed E-state index contributed by atoms with van der Waals surface area (Å²) < 4.78 is 0. The van der Waals surface area contributed by atoms with Crippen LogP contribution in [0.25, 0.3) is 0 Å². The summed E-state index contributed by atoms with van der Waals surface area (Å²) in [6, 6.07) is 0. The SMILES string of the molecule is CCC(C)C1(C)CCCC(C)C1C. The zero-order chi connectivity index (χ0) is 10.1. The molecule has 0 aromatic heterocycles. The van der Waals surface area contributed by atoms with E-state index in [4.69, 9.17) is 0 Å². The van der Waals surface area contributed by atoms with Crippen LogP contribution in [0.3, 0.4) is 0 Å². The maximum Gasteiger partial charge on any atom is -0.0272 e. The molecule has 0 aromatic carbocycles. The third-order valence-corrected chi connectivity index (χ3v) is 5.01. The highest BCUT2D eigenvalue weighted by molar-refractivity contribution is 4.90. The largest absolute Gasteiger partial charge is 0.0651 e. The van der Waals surface area contributed by atoms with E-state index in [2.05, 4.69) is 34.6 Å². The first-order valence-corrected chi connectivity index (χ1v) is 6.02. The maximum atomic E-state index is 2.52. The van der Waals surface area contributed by atoms with E-state index in [1.807, 2.05) is 0 Å². The summed E-state index contributed by atoms with van der Waals surface area (Å²) in [6.07, 6.45) is 5.70. The fourth-order valence-corrected chi connectivity index (χ4v) is 3.09.